The van der Waals surface area contributed by atoms with Gasteiger partial charge in [0.1, 0.15) is 11.9 Å². The summed E-state index contributed by atoms with van der Waals surface area (Å²) in [6.45, 7) is 3.73. The van der Waals surface area contributed by atoms with Crippen LogP contribution in [-0.4, -0.2) is 25.8 Å². The lowest BCUT2D eigenvalue weighted by atomic mass is 10.1. The molecule has 4 aromatic rings. The molecule has 1 saturated carbocycles. The van der Waals surface area contributed by atoms with E-state index in [1.165, 1.54) is 12.1 Å². The van der Waals surface area contributed by atoms with Crippen molar-refractivity contribution in [3.05, 3.63) is 82.2 Å². The summed E-state index contributed by atoms with van der Waals surface area (Å²) in [5, 5.41) is 11.9. The molecule has 1 aliphatic carbocycles. The van der Waals surface area contributed by atoms with Crippen LogP contribution < -0.4 is 5.32 Å². The molecule has 33 heavy (non-hydrogen) atoms. The normalized spacial score (nSPS) is 14.3. The maximum Gasteiger partial charge on any atom is 0.255 e. The van der Waals surface area contributed by atoms with Gasteiger partial charge in [-0.2, -0.15) is 10.1 Å². The smallest absolute Gasteiger partial charge is 0.255 e. The van der Waals surface area contributed by atoms with Crippen LogP contribution >= 0.6 is 11.6 Å². The van der Waals surface area contributed by atoms with Crippen LogP contribution in [-0.2, 0) is 0 Å². The highest BCUT2D eigenvalue weighted by atomic mass is 35.5. The number of halogens is 2. The summed E-state index contributed by atoms with van der Waals surface area (Å²) in [5.74, 6) is 0.216. The van der Waals surface area contributed by atoms with Crippen LogP contribution in [0.15, 0.2) is 53.2 Å². The molecule has 2 heterocycles. The van der Waals surface area contributed by atoms with E-state index in [4.69, 9.17) is 16.1 Å². The van der Waals surface area contributed by atoms with E-state index in [0.717, 1.165) is 29.8 Å². The van der Waals surface area contributed by atoms with E-state index in [-0.39, 0.29) is 23.5 Å². The van der Waals surface area contributed by atoms with Crippen LogP contribution in [0.1, 0.15) is 59.2 Å². The van der Waals surface area contributed by atoms with E-state index < -0.39 is 6.04 Å². The van der Waals surface area contributed by atoms with Crippen LogP contribution in [0.3, 0.4) is 0 Å². The Labute approximate surface area is 194 Å². The zero-order valence-electron chi connectivity index (χ0n) is 18.0. The van der Waals surface area contributed by atoms with Gasteiger partial charge in [0.15, 0.2) is 0 Å². The van der Waals surface area contributed by atoms with Crippen molar-refractivity contribution in [1.82, 2.24) is 25.2 Å². The molecule has 0 aliphatic heterocycles. The molecule has 9 heteroatoms. The first-order chi connectivity index (χ1) is 15.9. The molecule has 1 fully saturated rings. The molecule has 2 aromatic carbocycles. The van der Waals surface area contributed by atoms with Gasteiger partial charge in [0.2, 0.25) is 11.7 Å². The Hall–Kier alpha value is -3.52. The van der Waals surface area contributed by atoms with Gasteiger partial charge in [-0.05, 0) is 68.7 Å². The van der Waals surface area contributed by atoms with Gasteiger partial charge in [-0.1, -0.05) is 22.8 Å². The molecule has 2 aromatic heterocycles. The lowest BCUT2D eigenvalue weighted by Crippen LogP contribution is -2.27. The minimum atomic E-state index is -0.530. The topological polar surface area (TPSA) is 85.8 Å². The Morgan fingerprint density at radius 2 is 2.00 bits per heavy atom. The number of hydrogen-bond acceptors (Lipinski definition) is 5. The van der Waals surface area contributed by atoms with E-state index in [1.807, 2.05) is 25.1 Å². The first-order valence-corrected chi connectivity index (χ1v) is 11.0. The van der Waals surface area contributed by atoms with Crippen molar-refractivity contribution in [3.8, 4) is 17.1 Å². The number of hydrogen-bond donors (Lipinski definition) is 1. The van der Waals surface area contributed by atoms with Crippen LogP contribution in [0, 0.1) is 12.7 Å². The largest absolute Gasteiger partial charge is 0.340 e. The van der Waals surface area contributed by atoms with Gasteiger partial charge >= 0.3 is 0 Å². The van der Waals surface area contributed by atoms with Crippen LogP contribution in [0.4, 0.5) is 4.39 Å². The highest BCUT2D eigenvalue weighted by Gasteiger charge is 2.34. The van der Waals surface area contributed by atoms with Gasteiger partial charge in [0.25, 0.3) is 5.91 Å². The number of nitrogens with zero attached hydrogens (tertiary/aromatic N) is 4. The number of benzene rings is 2. The minimum absolute atomic E-state index is 0.254. The summed E-state index contributed by atoms with van der Waals surface area (Å²) >= 11 is 6.47. The molecule has 0 saturated heterocycles. The molecule has 5 rings (SSSR count). The second kappa shape index (κ2) is 8.44. The number of rotatable bonds is 6. The van der Waals surface area contributed by atoms with Gasteiger partial charge in [0, 0.05) is 11.5 Å². The number of aromatic nitrogens is 4. The fourth-order valence-electron chi connectivity index (χ4n) is 3.72. The Kier molecular flexibility index (Phi) is 5.46. The summed E-state index contributed by atoms with van der Waals surface area (Å²) < 4.78 is 20.3. The molecule has 1 atom stereocenters. The summed E-state index contributed by atoms with van der Waals surface area (Å²) in [7, 11) is 0. The molecule has 7 nitrogen and oxygen atoms in total. The number of carbonyl (C=O) groups is 1. The van der Waals surface area contributed by atoms with Gasteiger partial charge in [-0.25, -0.2) is 9.07 Å². The molecule has 0 spiro atoms. The fourth-order valence-corrected chi connectivity index (χ4v) is 4.04. The second-order valence-corrected chi connectivity index (χ2v) is 8.65. The minimum Gasteiger partial charge on any atom is -0.340 e. The van der Waals surface area contributed by atoms with Crippen molar-refractivity contribution in [2.45, 2.75) is 38.6 Å². The predicted molar refractivity (Wildman–Crippen MR) is 121 cm³/mol. The maximum absolute atomic E-state index is 13.2. The number of amides is 1. The highest BCUT2D eigenvalue weighted by Crippen LogP contribution is 2.43. The molecule has 1 N–H and O–H groups in total. The third-order valence-electron chi connectivity index (χ3n) is 5.61. The van der Waals surface area contributed by atoms with E-state index in [0.29, 0.717) is 22.0 Å². The molecule has 1 aliphatic rings. The first kappa shape index (κ1) is 21.3. The molecular weight excluding hydrogens is 445 g/mol. The van der Waals surface area contributed by atoms with Crippen molar-refractivity contribution in [2.75, 3.05) is 0 Å². The zero-order chi connectivity index (χ0) is 23.1. The van der Waals surface area contributed by atoms with E-state index in [1.54, 1.807) is 29.9 Å². The van der Waals surface area contributed by atoms with Gasteiger partial charge < -0.3 is 9.84 Å². The maximum atomic E-state index is 13.2. The second-order valence-electron chi connectivity index (χ2n) is 8.24. The fraction of sp³-hybridized carbons (Fsp3) is 0.250. The third kappa shape index (κ3) is 4.26. The molecular formula is C24H21ClFN5O2. The summed E-state index contributed by atoms with van der Waals surface area (Å²) in [6.07, 6.45) is 3.56. The first-order valence-electron chi connectivity index (χ1n) is 10.7. The Balaban J connectivity index is 1.38. The monoisotopic (exact) mass is 465 g/mol. The Bertz CT molecular complexity index is 1330. The predicted octanol–water partition coefficient (Wildman–Crippen LogP) is 5.39. The van der Waals surface area contributed by atoms with Crippen molar-refractivity contribution < 1.29 is 13.7 Å². The summed E-state index contributed by atoms with van der Waals surface area (Å²) in [6, 6.07) is 11.0. The van der Waals surface area contributed by atoms with Crippen molar-refractivity contribution >= 4 is 17.5 Å². The average molecular weight is 466 g/mol. The van der Waals surface area contributed by atoms with Crippen molar-refractivity contribution in [2.24, 2.45) is 0 Å². The number of aryl methyl sites for hydroxylation is 1. The number of carbonyl (C=O) groups excluding carboxylic acids is 1. The lowest BCUT2D eigenvalue weighted by Gasteiger charge is -2.12. The molecule has 168 valence electrons. The van der Waals surface area contributed by atoms with Crippen molar-refractivity contribution in [3.63, 3.8) is 0 Å². The molecule has 1 amide bonds. The third-order valence-corrected chi connectivity index (χ3v) is 5.91. The molecule has 0 bridgehead atoms. The average Bonchev–Trinajstić information content (AvgIpc) is 3.32. The van der Waals surface area contributed by atoms with E-state index in [9.17, 15) is 9.18 Å². The van der Waals surface area contributed by atoms with E-state index in [2.05, 4.69) is 20.6 Å². The lowest BCUT2D eigenvalue weighted by molar-refractivity contribution is 0.0931. The quantitative estimate of drug-likeness (QED) is 0.412. The zero-order valence-corrected chi connectivity index (χ0v) is 18.8. The standard InChI is InChI=1S/C24H21ClFN5O2/c1-13-3-10-20(19(25)11-13)31-21(15-4-5-15)18(12-27-31)23(32)28-14(2)24-29-22(30-33-24)16-6-8-17(26)9-7-16/h3,6-12,14-15H,4-5H2,1-2H3,(H,28,32). The Morgan fingerprint density at radius 1 is 1.24 bits per heavy atom. The molecule has 0 radical (unpaired) electrons. The number of nitrogens with one attached hydrogen (secondary N) is 1. The van der Waals surface area contributed by atoms with Gasteiger partial charge in [0.05, 0.1) is 28.2 Å². The SMILES string of the molecule is Cc1ccc(-n2ncc(C(=O)NC(C)c3nc(-c4ccc(F)cc4)no3)c2C2CC2)c(Cl)c1. The van der Waals surface area contributed by atoms with Crippen LogP contribution in [0.2, 0.25) is 5.02 Å². The van der Waals surface area contributed by atoms with Crippen molar-refractivity contribution in [1.29, 1.82) is 0 Å². The Morgan fingerprint density at radius 3 is 2.70 bits per heavy atom. The highest BCUT2D eigenvalue weighted by molar-refractivity contribution is 6.32. The summed E-state index contributed by atoms with van der Waals surface area (Å²) in [5.41, 5.74) is 3.77. The van der Waals surface area contributed by atoms with E-state index >= 15 is 0 Å². The van der Waals surface area contributed by atoms with Gasteiger partial charge in [-0.3, -0.25) is 4.79 Å². The van der Waals surface area contributed by atoms with Gasteiger partial charge in [-0.15, -0.1) is 0 Å². The van der Waals surface area contributed by atoms with Crippen LogP contribution in [0.25, 0.3) is 17.1 Å². The van der Waals surface area contributed by atoms with Crippen LogP contribution in [0.5, 0.6) is 0 Å². The molecule has 1 unspecified atom stereocenters. The summed E-state index contributed by atoms with van der Waals surface area (Å²) in [4.78, 5) is 17.5.